The average Bonchev–Trinajstić information content (AvgIpc) is 3.11. The third kappa shape index (κ3) is 3.25. The molecule has 2 heterocycles. The molecule has 2 aromatic carbocycles. The van der Waals surface area contributed by atoms with E-state index in [1.807, 2.05) is 19.1 Å². The van der Waals surface area contributed by atoms with Gasteiger partial charge in [-0.15, -0.1) is 0 Å². The number of rotatable bonds is 4. The molecule has 0 saturated heterocycles. The van der Waals surface area contributed by atoms with Crippen molar-refractivity contribution in [2.45, 2.75) is 25.7 Å². The standard InChI is InChI=1S/C21H19BClN3O3/c1-3-13-19(16(23)9-17(27)20(13)29-2)14-8-18(28)25-21-15(14)10-24-26(21)12-6-4-11(22)5-7-12/h4-7,9-10,14,27H,3,8H2,1-2H3,(H,25,28). The number of carbonyl (C=O) groups is 1. The molecule has 1 aromatic heterocycles. The van der Waals surface area contributed by atoms with E-state index in [2.05, 4.69) is 10.4 Å². The van der Waals surface area contributed by atoms with Crippen molar-refractivity contribution >= 4 is 36.6 Å². The number of nitrogens with one attached hydrogen (secondary N) is 1. The SMILES string of the molecule is [B]c1ccc(-n2ncc3c2NC(=O)CC3c2c(Cl)cc(O)c(OC)c2CC)cc1. The van der Waals surface area contributed by atoms with E-state index in [4.69, 9.17) is 24.2 Å². The number of nitrogens with zero attached hydrogens (tertiary/aromatic N) is 2. The fourth-order valence-corrected chi connectivity index (χ4v) is 4.28. The van der Waals surface area contributed by atoms with Crippen molar-refractivity contribution in [3.8, 4) is 17.2 Å². The molecule has 2 N–H and O–H groups in total. The van der Waals surface area contributed by atoms with E-state index in [9.17, 15) is 9.90 Å². The number of methoxy groups -OCH3 is 1. The molecule has 1 amide bonds. The number of fused-ring (bicyclic) bond motifs is 1. The first kappa shape index (κ1) is 19.4. The molecule has 0 fully saturated rings. The highest BCUT2D eigenvalue weighted by molar-refractivity contribution is 6.32. The molecule has 8 heteroatoms. The van der Waals surface area contributed by atoms with E-state index in [-0.39, 0.29) is 24.0 Å². The number of carbonyl (C=O) groups excluding carboxylic acids is 1. The van der Waals surface area contributed by atoms with Crippen molar-refractivity contribution in [3.63, 3.8) is 0 Å². The van der Waals surface area contributed by atoms with Crippen molar-refractivity contribution in [1.29, 1.82) is 0 Å². The number of halogens is 1. The first-order valence-electron chi connectivity index (χ1n) is 9.26. The van der Waals surface area contributed by atoms with Crippen LogP contribution in [0.5, 0.6) is 11.5 Å². The normalized spacial score (nSPS) is 15.7. The molecule has 2 radical (unpaired) electrons. The Morgan fingerprint density at radius 3 is 2.76 bits per heavy atom. The molecule has 0 aliphatic carbocycles. The van der Waals surface area contributed by atoms with Crippen LogP contribution in [-0.2, 0) is 11.2 Å². The molecule has 6 nitrogen and oxygen atoms in total. The minimum Gasteiger partial charge on any atom is -0.504 e. The van der Waals surface area contributed by atoms with Gasteiger partial charge in [0.15, 0.2) is 11.5 Å². The second kappa shape index (κ2) is 7.48. The number of phenolic OH excluding ortho intramolecular Hbond substituents is 1. The molecule has 1 aliphatic heterocycles. The monoisotopic (exact) mass is 407 g/mol. The molecule has 1 aliphatic rings. The number of ether oxygens (including phenoxy) is 1. The zero-order valence-electron chi connectivity index (χ0n) is 16.1. The highest BCUT2D eigenvalue weighted by Crippen LogP contribution is 2.47. The lowest BCUT2D eigenvalue weighted by Crippen LogP contribution is -2.25. The lowest BCUT2D eigenvalue weighted by molar-refractivity contribution is -0.116. The van der Waals surface area contributed by atoms with Crippen LogP contribution in [0.15, 0.2) is 36.5 Å². The fraction of sp³-hybridized carbons (Fsp3) is 0.238. The van der Waals surface area contributed by atoms with Crippen LogP contribution >= 0.6 is 11.6 Å². The van der Waals surface area contributed by atoms with Gasteiger partial charge in [0.1, 0.15) is 13.7 Å². The quantitative estimate of drug-likeness (QED) is 0.652. The minimum absolute atomic E-state index is 0.0175. The van der Waals surface area contributed by atoms with Crippen molar-refractivity contribution in [2.24, 2.45) is 0 Å². The van der Waals surface area contributed by atoms with Gasteiger partial charge in [0, 0.05) is 34.6 Å². The molecule has 3 aromatic rings. The Morgan fingerprint density at radius 1 is 1.38 bits per heavy atom. The summed E-state index contributed by atoms with van der Waals surface area (Å²) < 4.78 is 7.09. The highest BCUT2D eigenvalue weighted by atomic mass is 35.5. The average molecular weight is 408 g/mol. The Balaban J connectivity index is 1.89. The largest absolute Gasteiger partial charge is 0.504 e. The maximum atomic E-state index is 12.6. The minimum atomic E-state index is -0.307. The Labute approximate surface area is 174 Å². The van der Waals surface area contributed by atoms with E-state index in [1.54, 1.807) is 23.0 Å². The second-order valence-electron chi connectivity index (χ2n) is 6.91. The number of aromatic nitrogens is 2. The summed E-state index contributed by atoms with van der Waals surface area (Å²) in [5.41, 5.74) is 3.84. The van der Waals surface area contributed by atoms with E-state index in [1.165, 1.54) is 13.2 Å². The van der Waals surface area contributed by atoms with Crippen LogP contribution in [0.1, 0.15) is 36.0 Å². The summed E-state index contributed by atoms with van der Waals surface area (Å²) in [6.07, 6.45) is 2.55. The number of hydrogen-bond donors (Lipinski definition) is 2. The molecule has 1 unspecified atom stereocenters. The zero-order chi connectivity index (χ0) is 20.7. The number of amides is 1. The van der Waals surface area contributed by atoms with Crippen LogP contribution in [0.4, 0.5) is 5.82 Å². The number of anilines is 1. The van der Waals surface area contributed by atoms with Crippen LogP contribution in [-0.4, -0.2) is 35.8 Å². The molecule has 0 saturated carbocycles. The van der Waals surface area contributed by atoms with Gasteiger partial charge >= 0.3 is 0 Å². The van der Waals surface area contributed by atoms with Crippen molar-refractivity contribution < 1.29 is 14.6 Å². The van der Waals surface area contributed by atoms with Gasteiger partial charge in [-0.1, -0.05) is 36.1 Å². The Bertz CT molecular complexity index is 1100. The van der Waals surface area contributed by atoms with Crippen LogP contribution in [0.25, 0.3) is 5.69 Å². The van der Waals surface area contributed by atoms with E-state index < -0.39 is 0 Å². The Hall–Kier alpha value is -2.93. The smallest absolute Gasteiger partial charge is 0.226 e. The van der Waals surface area contributed by atoms with Crippen LogP contribution < -0.4 is 15.5 Å². The summed E-state index contributed by atoms with van der Waals surface area (Å²) in [6.45, 7) is 1.96. The lowest BCUT2D eigenvalue weighted by Gasteiger charge is -2.27. The summed E-state index contributed by atoms with van der Waals surface area (Å²) in [5, 5.41) is 18.0. The molecular weight excluding hydrogens is 389 g/mol. The molecule has 4 rings (SSSR count). The lowest BCUT2D eigenvalue weighted by atomic mass is 9.83. The third-order valence-corrected chi connectivity index (χ3v) is 5.53. The number of hydrogen-bond acceptors (Lipinski definition) is 4. The van der Waals surface area contributed by atoms with Crippen LogP contribution in [0, 0.1) is 0 Å². The van der Waals surface area contributed by atoms with Gasteiger partial charge in [0.05, 0.1) is 19.0 Å². The van der Waals surface area contributed by atoms with Gasteiger partial charge in [-0.3, -0.25) is 4.79 Å². The molecule has 29 heavy (non-hydrogen) atoms. The third-order valence-electron chi connectivity index (χ3n) is 5.22. The van der Waals surface area contributed by atoms with Gasteiger partial charge in [-0.25, -0.2) is 4.68 Å². The highest BCUT2D eigenvalue weighted by Gasteiger charge is 2.34. The maximum Gasteiger partial charge on any atom is 0.226 e. The van der Waals surface area contributed by atoms with Gasteiger partial charge in [0.25, 0.3) is 0 Å². The Kier molecular flexibility index (Phi) is 5.00. The Morgan fingerprint density at radius 2 is 2.10 bits per heavy atom. The van der Waals surface area contributed by atoms with Crippen LogP contribution in [0.2, 0.25) is 5.02 Å². The summed E-state index contributed by atoms with van der Waals surface area (Å²) in [6, 6.07) is 8.70. The predicted molar refractivity (Wildman–Crippen MR) is 113 cm³/mol. The van der Waals surface area contributed by atoms with E-state index >= 15 is 0 Å². The van der Waals surface area contributed by atoms with Gasteiger partial charge in [0.2, 0.25) is 5.91 Å². The summed E-state index contributed by atoms with van der Waals surface area (Å²) in [7, 11) is 7.28. The number of phenols is 1. The first-order chi connectivity index (χ1) is 13.9. The molecule has 1 atom stereocenters. The van der Waals surface area contributed by atoms with Gasteiger partial charge in [-0.05, 0) is 24.1 Å². The van der Waals surface area contributed by atoms with Crippen molar-refractivity contribution in [3.05, 3.63) is 58.2 Å². The van der Waals surface area contributed by atoms with E-state index in [0.717, 1.165) is 22.4 Å². The van der Waals surface area contributed by atoms with Crippen molar-refractivity contribution in [2.75, 3.05) is 12.4 Å². The van der Waals surface area contributed by atoms with Crippen LogP contribution in [0.3, 0.4) is 0 Å². The summed E-state index contributed by atoms with van der Waals surface area (Å²) in [4.78, 5) is 12.6. The van der Waals surface area contributed by atoms with Gasteiger partial charge in [-0.2, -0.15) is 5.10 Å². The second-order valence-corrected chi connectivity index (χ2v) is 7.32. The first-order valence-corrected chi connectivity index (χ1v) is 9.64. The predicted octanol–water partition coefficient (Wildman–Crippen LogP) is 3.07. The summed E-state index contributed by atoms with van der Waals surface area (Å²) in [5.74, 6) is 0.519. The summed E-state index contributed by atoms with van der Waals surface area (Å²) >= 11 is 6.54. The molecule has 0 spiro atoms. The van der Waals surface area contributed by atoms with E-state index in [0.29, 0.717) is 28.5 Å². The topological polar surface area (TPSA) is 76.4 Å². The van der Waals surface area contributed by atoms with Crippen molar-refractivity contribution in [1.82, 2.24) is 9.78 Å². The number of benzene rings is 2. The number of aromatic hydroxyl groups is 1. The molecular formula is C21H19BClN3O3. The molecule has 146 valence electrons. The fourth-order valence-electron chi connectivity index (χ4n) is 3.93. The zero-order valence-corrected chi connectivity index (χ0v) is 16.8. The maximum absolute atomic E-state index is 12.6. The van der Waals surface area contributed by atoms with Gasteiger partial charge < -0.3 is 15.2 Å². The molecule has 0 bridgehead atoms.